The van der Waals surface area contributed by atoms with Crippen LogP contribution >= 0.6 is 0 Å². The van der Waals surface area contributed by atoms with E-state index in [1.54, 1.807) is 0 Å². The standard InChI is InChI=1S/C13H19F3N2O3/c1-11(2,20)12(3,4)21-17-9-8(13(14,15)16)6-7-18(5)10(9)19/h6-7,17,20H,1-5H3. The molecule has 0 aliphatic carbocycles. The molecule has 1 aromatic heterocycles. The number of pyridine rings is 1. The Kier molecular flexibility index (Phi) is 4.45. The van der Waals surface area contributed by atoms with Gasteiger partial charge < -0.3 is 9.67 Å². The molecule has 0 aromatic carbocycles. The van der Waals surface area contributed by atoms with E-state index in [0.717, 1.165) is 16.8 Å². The van der Waals surface area contributed by atoms with Crippen molar-refractivity contribution in [3.8, 4) is 0 Å². The van der Waals surface area contributed by atoms with E-state index in [0.29, 0.717) is 0 Å². The van der Waals surface area contributed by atoms with Gasteiger partial charge in [0.05, 0.1) is 11.2 Å². The molecule has 0 aliphatic heterocycles. The quantitative estimate of drug-likeness (QED) is 0.838. The molecule has 0 radical (unpaired) electrons. The molecule has 0 bridgehead atoms. The number of halogens is 3. The Morgan fingerprint density at radius 3 is 2.19 bits per heavy atom. The van der Waals surface area contributed by atoms with Gasteiger partial charge in [0.25, 0.3) is 5.56 Å². The third-order valence-corrected chi connectivity index (χ3v) is 3.46. The van der Waals surface area contributed by atoms with Crippen LogP contribution in [0.2, 0.25) is 0 Å². The Bertz CT molecular complexity index is 571. The van der Waals surface area contributed by atoms with Gasteiger partial charge in [-0.25, -0.2) is 0 Å². The lowest BCUT2D eigenvalue weighted by Gasteiger charge is -2.36. The second-order valence-corrected chi connectivity index (χ2v) is 5.79. The molecule has 2 N–H and O–H groups in total. The zero-order chi connectivity index (χ0) is 16.6. The lowest BCUT2D eigenvalue weighted by molar-refractivity contribution is -0.141. The number of hydrogen-bond donors (Lipinski definition) is 2. The summed E-state index contributed by atoms with van der Waals surface area (Å²) in [4.78, 5) is 17.0. The molecule has 5 nitrogen and oxygen atoms in total. The van der Waals surface area contributed by atoms with Crippen LogP contribution in [0.3, 0.4) is 0 Å². The predicted octanol–water partition coefficient (Wildman–Crippen LogP) is 2.30. The van der Waals surface area contributed by atoms with Crippen molar-refractivity contribution in [3.05, 3.63) is 28.2 Å². The molecule has 0 atom stereocenters. The number of nitrogens with one attached hydrogen (secondary N) is 1. The summed E-state index contributed by atoms with van der Waals surface area (Å²) in [6, 6.07) is 0.782. The van der Waals surface area contributed by atoms with Gasteiger partial charge in [-0.05, 0) is 33.8 Å². The highest BCUT2D eigenvalue weighted by Crippen LogP contribution is 2.34. The van der Waals surface area contributed by atoms with Crippen molar-refractivity contribution < 1.29 is 23.1 Å². The van der Waals surface area contributed by atoms with Crippen molar-refractivity contribution in [2.24, 2.45) is 7.05 Å². The Morgan fingerprint density at radius 1 is 1.24 bits per heavy atom. The third kappa shape index (κ3) is 3.76. The number of hydrogen-bond acceptors (Lipinski definition) is 4. The van der Waals surface area contributed by atoms with Gasteiger partial charge in [0.2, 0.25) is 0 Å². The van der Waals surface area contributed by atoms with Crippen LogP contribution in [0.1, 0.15) is 33.3 Å². The molecule has 0 saturated heterocycles. The first-order valence-corrected chi connectivity index (χ1v) is 6.20. The van der Waals surface area contributed by atoms with Crippen molar-refractivity contribution in [3.63, 3.8) is 0 Å². The van der Waals surface area contributed by atoms with Crippen molar-refractivity contribution in [1.82, 2.24) is 4.57 Å². The number of aromatic nitrogens is 1. The minimum atomic E-state index is -4.70. The summed E-state index contributed by atoms with van der Waals surface area (Å²) < 4.78 is 39.8. The van der Waals surface area contributed by atoms with E-state index in [-0.39, 0.29) is 0 Å². The lowest BCUT2D eigenvalue weighted by Crippen LogP contribution is -2.49. The Labute approximate surface area is 120 Å². The summed E-state index contributed by atoms with van der Waals surface area (Å²) in [5.41, 5.74) is -3.22. The molecule has 0 unspecified atom stereocenters. The minimum Gasteiger partial charge on any atom is -0.387 e. The van der Waals surface area contributed by atoms with Gasteiger partial charge in [0.1, 0.15) is 11.3 Å². The highest BCUT2D eigenvalue weighted by molar-refractivity contribution is 5.49. The summed E-state index contributed by atoms with van der Waals surface area (Å²) in [5.74, 6) is 0. The average Bonchev–Trinajstić information content (AvgIpc) is 2.27. The highest BCUT2D eigenvalue weighted by atomic mass is 19.4. The van der Waals surface area contributed by atoms with E-state index in [1.165, 1.54) is 34.7 Å². The van der Waals surface area contributed by atoms with E-state index in [9.17, 15) is 23.1 Å². The minimum absolute atomic E-state index is 0.718. The highest BCUT2D eigenvalue weighted by Gasteiger charge is 2.39. The van der Waals surface area contributed by atoms with Crippen molar-refractivity contribution in [1.29, 1.82) is 0 Å². The van der Waals surface area contributed by atoms with Crippen molar-refractivity contribution in [2.45, 2.75) is 45.1 Å². The van der Waals surface area contributed by atoms with E-state index >= 15 is 0 Å². The summed E-state index contributed by atoms with van der Waals surface area (Å²) >= 11 is 0. The molecular weight excluding hydrogens is 289 g/mol. The van der Waals surface area contributed by atoms with Crippen molar-refractivity contribution >= 4 is 5.69 Å². The average molecular weight is 308 g/mol. The SMILES string of the molecule is Cn1ccc(C(F)(F)F)c(NOC(C)(C)C(C)(C)O)c1=O. The van der Waals surface area contributed by atoms with Gasteiger partial charge in [-0.1, -0.05) is 0 Å². The summed E-state index contributed by atoms with van der Waals surface area (Å²) in [7, 11) is 1.33. The van der Waals surface area contributed by atoms with Gasteiger partial charge in [-0.2, -0.15) is 13.2 Å². The topological polar surface area (TPSA) is 63.5 Å². The maximum Gasteiger partial charge on any atom is 0.418 e. The first kappa shape index (κ1) is 17.5. The van der Waals surface area contributed by atoms with E-state index in [2.05, 4.69) is 5.48 Å². The number of aryl methyl sites for hydroxylation is 1. The third-order valence-electron chi connectivity index (χ3n) is 3.46. The second-order valence-electron chi connectivity index (χ2n) is 5.79. The number of rotatable bonds is 4. The molecule has 120 valence electrons. The maximum absolute atomic E-state index is 12.9. The van der Waals surface area contributed by atoms with Crippen LogP contribution in [0.15, 0.2) is 17.1 Å². The van der Waals surface area contributed by atoms with E-state index < -0.39 is 34.2 Å². The van der Waals surface area contributed by atoms with E-state index in [4.69, 9.17) is 4.84 Å². The first-order valence-electron chi connectivity index (χ1n) is 6.20. The molecule has 1 heterocycles. The number of alkyl halides is 3. The first-order chi connectivity index (χ1) is 9.27. The fourth-order valence-corrected chi connectivity index (χ4v) is 1.27. The molecule has 8 heteroatoms. The molecule has 1 rings (SSSR count). The zero-order valence-electron chi connectivity index (χ0n) is 12.5. The predicted molar refractivity (Wildman–Crippen MR) is 71.8 cm³/mol. The van der Waals surface area contributed by atoms with Crippen LogP contribution in [0.4, 0.5) is 18.9 Å². The van der Waals surface area contributed by atoms with Crippen LogP contribution in [-0.4, -0.2) is 20.9 Å². The zero-order valence-corrected chi connectivity index (χ0v) is 12.5. The fourth-order valence-electron chi connectivity index (χ4n) is 1.27. The smallest absolute Gasteiger partial charge is 0.387 e. The Morgan fingerprint density at radius 2 is 1.76 bits per heavy atom. The van der Waals surface area contributed by atoms with Crippen molar-refractivity contribution in [2.75, 3.05) is 5.48 Å². The van der Waals surface area contributed by atoms with Gasteiger partial charge in [0, 0.05) is 13.2 Å². The fraction of sp³-hybridized carbons (Fsp3) is 0.615. The molecule has 0 saturated carbocycles. The molecule has 1 aromatic rings. The Balaban J connectivity index is 3.20. The molecule has 0 aliphatic rings. The van der Waals surface area contributed by atoms with Crippen LogP contribution in [-0.2, 0) is 18.1 Å². The van der Waals surface area contributed by atoms with Gasteiger partial charge in [-0.15, -0.1) is 0 Å². The van der Waals surface area contributed by atoms with Crippen LogP contribution in [0.25, 0.3) is 0 Å². The molecule has 0 fully saturated rings. The molecule has 21 heavy (non-hydrogen) atoms. The lowest BCUT2D eigenvalue weighted by atomic mass is 9.90. The molecule has 0 spiro atoms. The van der Waals surface area contributed by atoms with E-state index in [1.807, 2.05) is 0 Å². The van der Waals surface area contributed by atoms with Crippen LogP contribution in [0, 0.1) is 0 Å². The molecular formula is C13H19F3N2O3. The number of nitrogens with zero attached hydrogens (tertiary/aromatic N) is 1. The monoisotopic (exact) mass is 308 g/mol. The van der Waals surface area contributed by atoms with Gasteiger partial charge in [-0.3, -0.25) is 15.1 Å². The number of anilines is 1. The van der Waals surface area contributed by atoms with Crippen LogP contribution in [0.5, 0.6) is 0 Å². The Hall–Kier alpha value is -1.54. The van der Waals surface area contributed by atoms with Crippen LogP contribution < -0.4 is 11.0 Å². The maximum atomic E-state index is 12.9. The number of aliphatic hydroxyl groups is 1. The molecule has 0 amide bonds. The summed E-state index contributed by atoms with van der Waals surface area (Å²) in [5, 5.41) is 9.91. The van der Waals surface area contributed by atoms with Gasteiger partial charge in [0.15, 0.2) is 0 Å². The largest absolute Gasteiger partial charge is 0.418 e. The van der Waals surface area contributed by atoms with Gasteiger partial charge >= 0.3 is 6.18 Å². The summed E-state index contributed by atoms with van der Waals surface area (Å²) in [6.07, 6.45) is -3.67. The normalized spacial score (nSPS) is 13.4. The second kappa shape index (κ2) is 5.34. The summed E-state index contributed by atoms with van der Waals surface area (Å²) in [6.45, 7) is 5.87.